The zero-order chi connectivity index (χ0) is 17.9. The molecule has 0 N–H and O–H groups in total. The van der Waals surface area contributed by atoms with Gasteiger partial charge in [-0.3, -0.25) is 0 Å². The summed E-state index contributed by atoms with van der Waals surface area (Å²) in [7, 11) is 0. The Morgan fingerprint density at radius 2 is 1.72 bits per heavy atom. The summed E-state index contributed by atoms with van der Waals surface area (Å²) in [5.74, 6) is 0. The maximum absolute atomic E-state index is 6.60. The molecule has 2 aliphatic heterocycles. The van der Waals surface area contributed by atoms with Crippen LogP contribution in [-0.4, -0.2) is 12.3 Å². The molecule has 0 unspecified atom stereocenters. The quantitative estimate of drug-likeness (QED) is 0.328. The van der Waals surface area contributed by atoms with Gasteiger partial charge >= 0.3 is 0 Å². The Bertz CT molecular complexity index is 666. The second kappa shape index (κ2) is 8.07. The van der Waals surface area contributed by atoms with Crippen LogP contribution < -0.4 is 0 Å². The predicted molar refractivity (Wildman–Crippen MR) is 114 cm³/mol. The average Bonchev–Trinajstić information content (AvgIpc) is 2.97. The first-order valence-corrected chi connectivity index (χ1v) is 13.0. The van der Waals surface area contributed by atoms with Crippen molar-refractivity contribution in [2.45, 2.75) is 78.2 Å². The van der Waals surface area contributed by atoms with E-state index in [2.05, 4.69) is 51.1 Å². The van der Waals surface area contributed by atoms with Gasteiger partial charge in [0, 0.05) is 16.9 Å². The normalized spacial score (nSPS) is 31.1. The van der Waals surface area contributed by atoms with Crippen molar-refractivity contribution in [1.29, 1.82) is 0 Å². The lowest BCUT2D eigenvalue weighted by Crippen LogP contribution is -2.31. The summed E-state index contributed by atoms with van der Waals surface area (Å²) in [5.41, 5.74) is 2.98. The first kappa shape index (κ1) is 19.3. The molecule has 0 radical (unpaired) electrons. The van der Waals surface area contributed by atoms with E-state index in [-0.39, 0.29) is 5.41 Å². The fraction of sp³-hybridized carbons (Fsp3) is 0.636. The first-order valence-electron chi connectivity index (χ1n) is 10.1. The molecule has 0 spiro atoms. The van der Waals surface area contributed by atoms with Gasteiger partial charge in [0.05, 0.1) is 12.4 Å². The molecule has 1 fully saturated rings. The first-order chi connectivity index (χ1) is 12.0. The summed E-state index contributed by atoms with van der Waals surface area (Å²) in [5, 5.41) is 1.38. The summed E-state index contributed by atoms with van der Waals surface area (Å²) in [6.07, 6.45) is 10.3. The van der Waals surface area contributed by atoms with Crippen molar-refractivity contribution < 1.29 is 4.52 Å². The van der Waals surface area contributed by atoms with Gasteiger partial charge in [0.2, 0.25) is 0 Å². The highest BCUT2D eigenvalue weighted by molar-refractivity contribution is 8.17. The summed E-state index contributed by atoms with van der Waals surface area (Å²) < 4.78 is 6.60. The standard InChI is InChI=1S/C22H33OPS/c1-4-5-6-7-8-9-13-16-20-22(3)17-24(25,23-20)21(18(22)2)19-14-11-10-12-15-19/h10-12,14-15,20H,4-9,13,16-17H2,1-3H3/t20-,22-,24-/m1/s1. The van der Waals surface area contributed by atoms with E-state index in [1.54, 1.807) is 0 Å². The molecule has 0 amide bonds. The van der Waals surface area contributed by atoms with Gasteiger partial charge < -0.3 is 4.52 Å². The fourth-order valence-corrected chi connectivity index (χ4v) is 10.1. The van der Waals surface area contributed by atoms with E-state index in [1.165, 1.54) is 67.8 Å². The zero-order valence-corrected chi connectivity index (χ0v) is 17.8. The Hall–Kier alpha value is -0.430. The monoisotopic (exact) mass is 376 g/mol. The van der Waals surface area contributed by atoms with Crippen molar-refractivity contribution in [2.75, 3.05) is 6.16 Å². The molecule has 1 saturated heterocycles. The van der Waals surface area contributed by atoms with Crippen molar-refractivity contribution >= 4 is 23.4 Å². The molecule has 1 nitrogen and oxygen atoms in total. The molecule has 138 valence electrons. The SMILES string of the molecule is CCCCCCCCC[C@H]1O[P@@]2(=S)C[C@]1(C)C(C)=C2c1ccccc1. The van der Waals surface area contributed by atoms with Crippen LogP contribution in [0.3, 0.4) is 0 Å². The van der Waals surface area contributed by atoms with Crippen LogP contribution >= 0.6 is 6.26 Å². The van der Waals surface area contributed by atoms with Crippen molar-refractivity contribution in [2.24, 2.45) is 5.41 Å². The van der Waals surface area contributed by atoms with Gasteiger partial charge in [0.25, 0.3) is 0 Å². The number of fused-ring (bicyclic) bond motifs is 2. The van der Waals surface area contributed by atoms with Crippen LogP contribution in [0.5, 0.6) is 0 Å². The van der Waals surface area contributed by atoms with E-state index in [4.69, 9.17) is 16.3 Å². The number of rotatable bonds is 9. The van der Waals surface area contributed by atoms with Crippen molar-refractivity contribution in [3.63, 3.8) is 0 Å². The van der Waals surface area contributed by atoms with Gasteiger partial charge in [-0.2, -0.15) is 0 Å². The average molecular weight is 377 g/mol. The maximum atomic E-state index is 6.60. The Kier molecular flexibility index (Phi) is 6.24. The van der Waals surface area contributed by atoms with Crippen molar-refractivity contribution in [3.8, 4) is 0 Å². The molecule has 2 aliphatic rings. The largest absolute Gasteiger partial charge is 0.342 e. The molecule has 3 atom stereocenters. The summed E-state index contributed by atoms with van der Waals surface area (Å²) in [6, 6.07) is 10.7. The van der Waals surface area contributed by atoms with Gasteiger partial charge in [0.1, 0.15) is 0 Å². The molecule has 0 saturated carbocycles. The third-order valence-electron chi connectivity index (χ3n) is 6.21. The molecule has 3 rings (SSSR count). The van der Waals surface area contributed by atoms with Gasteiger partial charge in [-0.05, 0) is 18.9 Å². The van der Waals surface area contributed by atoms with Crippen LogP contribution in [0.2, 0.25) is 0 Å². The molecular weight excluding hydrogens is 343 g/mol. The van der Waals surface area contributed by atoms with E-state index in [1.807, 2.05) is 0 Å². The van der Waals surface area contributed by atoms with E-state index in [9.17, 15) is 0 Å². The van der Waals surface area contributed by atoms with Crippen LogP contribution in [0.4, 0.5) is 0 Å². The van der Waals surface area contributed by atoms with Crippen molar-refractivity contribution in [3.05, 3.63) is 41.5 Å². The molecule has 0 aliphatic carbocycles. The number of hydrogen-bond donors (Lipinski definition) is 0. The fourth-order valence-electron chi connectivity index (χ4n) is 4.58. The van der Waals surface area contributed by atoms with Crippen LogP contribution in [0.15, 0.2) is 35.9 Å². The number of hydrogen-bond acceptors (Lipinski definition) is 2. The topological polar surface area (TPSA) is 9.23 Å². The third kappa shape index (κ3) is 3.82. The summed E-state index contributed by atoms with van der Waals surface area (Å²) >= 11 is 6.12. The van der Waals surface area contributed by atoms with Gasteiger partial charge in [-0.1, -0.05) is 107 Å². The molecular formula is C22H33OPS. The van der Waals surface area contributed by atoms with E-state index in [0.717, 1.165) is 6.16 Å². The molecule has 2 bridgehead atoms. The van der Waals surface area contributed by atoms with Gasteiger partial charge in [0.15, 0.2) is 0 Å². The molecule has 25 heavy (non-hydrogen) atoms. The molecule has 2 heterocycles. The Labute approximate surface area is 159 Å². The second-order valence-electron chi connectivity index (χ2n) is 8.09. The maximum Gasteiger partial charge on any atom is 0.0966 e. The van der Waals surface area contributed by atoms with Crippen LogP contribution in [0.25, 0.3) is 5.31 Å². The Balaban J connectivity index is 1.62. The number of benzene rings is 1. The van der Waals surface area contributed by atoms with Crippen LogP contribution in [-0.2, 0) is 16.3 Å². The highest BCUT2D eigenvalue weighted by atomic mass is 32.4. The lowest BCUT2D eigenvalue weighted by atomic mass is 9.77. The summed E-state index contributed by atoms with van der Waals surface area (Å²) in [4.78, 5) is 0. The minimum absolute atomic E-state index is 0.170. The van der Waals surface area contributed by atoms with Crippen LogP contribution in [0.1, 0.15) is 77.7 Å². The van der Waals surface area contributed by atoms with E-state index >= 15 is 0 Å². The van der Waals surface area contributed by atoms with E-state index in [0.29, 0.717) is 6.10 Å². The molecule has 0 aromatic heterocycles. The third-order valence-corrected chi connectivity index (χ3v) is 10.4. The highest BCUT2D eigenvalue weighted by Crippen LogP contribution is 2.78. The van der Waals surface area contributed by atoms with Crippen LogP contribution in [0, 0.1) is 5.41 Å². The van der Waals surface area contributed by atoms with E-state index < -0.39 is 6.26 Å². The Morgan fingerprint density at radius 1 is 1.08 bits per heavy atom. The Morgan fingerprint density at radius 3 is 2.36 bits per heavy atom. The van der Waals surface area contributed by atoms with Crippen molar-refractivity contribution in [1.82, 2.24) is 0 Å². The minimum atomic E-state index is -1.84. The minimum Gasteiger partial charge on any atom is -0.342 e. The molecule has 1 aromatic carbocycles. The smallest absolute Gasteiger partial charge is 0.0966 e. The predicted octanol–water partition coefficient (Wildman–Crippen LogP) is 7.37. The lowest BCUT2D eigenvalue weighted by molar-refractivity contribution is 0.134. The molecule has 1 aromatic rings. The number of unbranched alkanes of at least 4 members (excludes halogenated alkanes) is 6. The lowest BCUT2D eigenvalue weighted by Gasteiger charge is -2.34. The summed E-state index contributed by atoms with van der Waals surface area (Å²) in [6.45, 7) is 7.00. The zero-order valence-electron chi connectivity index (χ0n) is 16.1. The van der Waals surface area contributed by atoms with Gasteiger partial charge in [-0.25, -0.2) is 0 Å². The highest BCUT2D eigenvalue weighted by Gasteiger charge is 2.57. The van der Waals surface area contributed by atoms with Gasteiger partial charge in [-0.15, -0.1) is 0 Å². The second-order valence-corrected chi connectivity index (χ2v) is 12.2. The molecule has 3 heteroatoms.